The summed E-state index contributed by atoms with van der Waals surface area (Å²) in [5.74, 6) is -0.216. The predicted octanol–water partition coefficient (Wildman–Crippen LogP) is 4.55. The van der Waals surface area contributed by atoms with Gasteiger partial charge in [0.1, 0.15) is 6.54 Å². The molecule has 0 radical (unpaired) electrons. The van der Waals surface area contributed by atoms with E-state index in [1.807, 2.05) is 13.8 Å². The summed E-state index contributed by atoms with van der Waals surface area (Å²) >= 11 is 6.16. The molecule has 1 saturated carbocycles. The van der Waals surface area contributed by atoms with Gasteiger partial charge in [0.15, 0.2) is 0 Å². The fourth-order valence-electron chi connectivity index (χ4n) is 3.72. The molecule has 1 amide bonds. The highest BCUT2D eigenvalue weighted by Gasteiger charge is 2.31. The van der Waals surface area contributed by atoms with Crippen molar-refractivity contribution in [3.8, 4) is 0 Å². The first-order valence-electron chi connectivity index (χ1n) is 9.81. The Balaban J connectivity index is 2.00. The minimum absolute atomic E-state index is 0.152. The first kappa shape index (κ1) is 21.7. The lowest BCUT2D eigenvalue weighted by molar-refractivity contribution is -0.130. The van der Waals surface area contributed by atoms with E-state index in [9.17, 15) is 13.2 Å². The van der Waals surface area contributed by atoms with Crippen LogP contribution in [0.4, 0.5) is 5.69 Å². The monoisotopic (exact) mass is 434 g/mol. The summed E-state index contributed by atoms with van der Waals surface area (Å²) in [6.07, 6.45) is 4.12. The summed E-state index contributed by atoms with van der Waals surface area (Å²) in [6.45, 7) is 3.45. The number of nitrogens with zero attached hydrogens (tertiary/aromatic N) is 2. The maximum Gasteiger partial charge on any atom is 0.264 e. The lowest BCUT2D eigenvalue weighted by Gasteiger charge is -2.30. The summed E-state index contributed by atoms with van der Waals surface area (Å²) in [5.41, 5.74) is 2.12. The second-order valence-electron chi connectivity index (χ2n) is 7.70. The highest BCUT2D eigenvalue weighted by atomic mass is 35.5. The van der Waals surface area contributed by atoms with Crippen molar-refractivity contribution in [3.63, 3.8) is 0 Å². The molecule has 0 unspecified atom stereocenters. The van der Waals surface area contributed by atoms with Gasteiger partial charge in [-0.15, -0.1) is 0 Å². The maximum atomic E-state index is 13.5. The van der Waals surface area contributed by atoms with Crippen LogP contribution in [0.25, 0.3) is 0 Å². The third-order valence-electron chi connectivity index (χ3n) is 5.59. The SMILES string of the molecule is Cc1ccc(S(=O)(=O)N(CC(=O)N(C)C2CCCC2)c2cc(Cl)ccc2C)cc1. The van der Waals surface area contributed by atoms with Gasteiger partial charge in [-0.3, -0.25) is 9.10 Å². The molecule has 156 valence electrons. The molecule has 29 heavy (non-hydrogen) atoms. The maximum absolute atomic E-state index is 13.5. The number of halogens is 1. The summed E-state index contributed by atoms with van der Waals surface area (Å²) in [6, 6.07) is 11.9. The van der Waals surface area contributed by atoms with Crippen LogP contribution >= 0.6 is 11.6 Å². The van der Waals surface area contributed by atoms with Crippen LogP contribution in [0.3, 0.4) is 0 Å². The van der Waals surface area contributed by atoms with Crippen molar-refractivity contribution in [2.75, 3.05) is 17.9 Å². The van der Waals surface area contributed by atoms with Crippen LogP contribution in [0.2, 0.25) is 5.02 Å². The number of carbonyl (C=O) groups excluding carboxylic acids is 1. The third kappa shape index (κ3) is 4.75. The highest BCUT2D eigenvalue weighted by Crippen LogP contribution is 2.30. The number of rotatable bonds is 6. The van der Waals surface area contributed by atoms with Gasteiger partial charge in [0, 0.05) is 18.1 Å². The van der Waals surface area contributed by atoms with Gasteiger partial charge in [-0.05, 0) is 56.5 Å². The minimum atomic E-state index is -3.94. The normalized spacial score (nSPS) is 14.8. The van der Waals surface area contributed by atoms with Crippen LogP contribution < -0.4 is 4.31 Å². The number of sulfonamides is 1. The molecule has 0 saturated heterocycles. The fourth-order valence-corrected chi connectivity index (χ4v) is 5.35. The Bertz CT molecular complexity index is 984. The van der Waals surface area contributed by atoms with Crippen LogP contribution in [0, 0.1) is 13.8 Å². The molecule has 7 heteroatoms. The predicted molar refractivity (Wildman–Crippen MR) is 117 cm³/mol. The second-order valence-corrected chi connectivity index (χ2v) is 10.00. The first-order valence-corrected chi connectivity index (χ1v) is 11.6. The van der Waals surface area contributed by atoms with Crippen molar-refractivity contribution in [2.45, 2.75) is 50.5 Å². The quantitative estimate of drug-likeness (QED) is 0.669. The van der Waals surface area contributed by atoms with Crippen molar-refractivity contribution in [1.82, 2.24) is 4.90 Å². The second kappa shape index (κ2) is 8.76. The summed E-state index contributed by atoms with van der Waals surface area (Å²) in [7, 11) is -2.17. The van der Waals surface area contributed by atoms with Gasteiger partial charge in [-0.1, -0.05) is 48.2 Å². The number of anilines is 1. The van der Waals surface area contributed by atoms with Crippen LogP contribution in [-0.4, -0.2) is 38.9 Å². The summed E-state index contributed by atoms with van der Waals surface area (Å²) < 4.78 is 28.2. The number of hydrogen-bond donors (Lipinski definition) is 0. The standard InChI is InChI=1S/C22H27ClN2O3S/c1-16-8-12-20(13-9-16)29(27,28)25(21-14-18(23)11-10-17(21)2)15-22(26)24(3)19-6-4-5-7-19/h8-14,19H,4-7,15H2,1-3H3. The molecule has 2 aromatic rings. The molecule has 2 aromatic carbocycles. The molecule has 0 aliphatic heterocycles. The molecule has 3 rings (SSSR count). The molecule has 0 spiro atoms. The summed E-state index contributed by atoms with van der Waals surface area (Å²) in [4.78, 5) is 14.9. The smallest absolute Gasteiger partial charge is 0.264 e. The molecule has 0 N–H and O–H groups in total. The number of carbonyl (C=O) groups is 1. The Morgan fingerprint density at radius 1 is 1.07 bits per heavy atom. The van der Waals surface area contributed by atoms with E-state index in [2.05, 4.69) is 0 Å². The molecule has 5 nitrogen and oxygen atoms in total. The number of hydrogen-bond acceptors (Lipinski definition) is 3. The van der Waals surface area contributed by atoms with Crippen LogP contribution in [-0.2, 0) is 14.8 Å². The van der Waals surface area contributed by atoms with Crippen LogP contribution in [0.5, 0.6) is 0 Å². The van der Waals surface area contributed by atoms with Crippen LogP contribution in [0.15, 0.2) is 47.4 Å². The Labute approximate surface area is 178 Å². The fraction of sp³-hybridized carbons (Fsp3) is 0.409. The zero-order valence-corrected chi connectivity index (χ0v) is 18.6. The number of benzene rings is 2. The van der Waals surface area contributed by atoms with Crippen LogP contribution in [0.1, 0.15) is 36.8 Å². The molecular formula is C22H27ClN2O3S. The number of likely N-dealkylation sites (N-methyl/N-ethyl adjacent to an activating group) is 1. The molecule has 0 heterocycles. The lowest BCUT2D eigenvalue weighted by Crippen LogP contribution is -2.44. The molecule has 1 aliphatic rings. The zero-order chi connectivity index (χ0) is 21.2. The van der Waals surface area contributed by atoms with Crippen molar-refractivity contribution in [2.24, 2.45) is 0 Å². The van der Waals surface area contributed by atoms with E-state index in [4.69, 9.17) is 11.6 Å². The highest BCUT2D eigenvalue weighted by molar-refractivity contribution is 7.92. The molecule has 1 aliphatic carbocycles. The largest absolute Gasteiger partial charge is 0.341 e. The van der Waals surface area contributed by atoms with E-state index in [0.717, 1.165) is 36.8 Å². The first-order chi connectivity index (χ1) is 13.7. The van der Waals surface area contributed by atoms with E-state index in [-0.39, 0.29) is 23.4 Å². The average Bonchev–Trinajstić information content (AvgIpc) is 3.22. The molecule has 1 fully saturated rings. The van der Waals surface area contributed by atoms with Gasteiger partial charge in [-0.2, -0.15) is 0 Å². The summed E-state index contributed by atoms with van der Waals surface area (Å²) in [5, 5.41) is 0.423. The van der Waals surface area contributed by atoms with Gasteiger partial charge >= 0.3 is 0 Å². The van der Waals surface area contributed by atoms with Crippen molar-refractivity contribution in [1.29, 1.82) is 0 Å². The molecular weight excluding hydrogens is 408 g/mol. The molecule has 0 bridgehead atoms. The minimum Gasteiger partial charge on any atom is -0.341 e. The Morgan fingerprint density at radius 3 is 2.31 bits per heavy atom. The Hall–Kier alpha value is -2.05. The Kier molecular flexibility index (Phi) is 6.54. The van der Waals surface area contributed by atoms with Gasteiger partial charge in [-0.25, -0.2) is 8.42 Å². The van der Waals surface area contributed by atoms with E-state index >= 15 is 0 Å². The van der Waals surface area contributed by atoms with E-state index in [0.29, 0.717) is 10.7 Å². The number of amides is 1. The van der Waals surface area contributed by atoms with E-state index < -0.39 is 10.0 Å². The Morgan fingerprint density at radius 2 is 1.69 bits per heavy atom. The van der Waals surface area contributed by atoms with Gasteiger partial charge < -0.3 is 4.90 Å². The molecule has 0 atom stereocenters. The zero-order valence-electron chi connectivity index (χ0n) is 17.1. The third-order valence-corrected chi connectivity index (χ3v) is 7.60. The average molecular weight is 435 g/mol. The van der Waals surface area contributed by atoms with Gasteiger partial charge in [0.25, 0.3) is 10.0 Å². The van der Waals surface area contributed by atoms with Crippen molar-refractivity contribution < 1.29 is 13.2 Å². The van der Waals surface area contributed by atoms with Crippen molar-refractivity contribution >= 4 is 33.2 Å². The lowest BCUT2D eigenvalue weighted by atomic mass is 10.2. The van der Waals surface area contributed by atoms with E-state index in [1.165, 1.54) is 4.31 Å². The number of aryl methyl sites for hydroxylation is 2. The van der Waals surface area contributed by atoms with E-state index in [1.54, 1.807) is 54.4 Å². The van der Waals surface area contributed by atoms with Gasteiger partial charge in [0.2, 0.25) is 5.91 Å². The van der Waals surface area contributed by atoms with Gasteiger partial charge in [0.05, 0.1) is 10.6 Å². The molecule has 0 aromatic heterocycles. The van der Waals surface area contributed by atoms with Crippen molar-refractivity contribution in [3.05, 3.63) is 58.6 Å². The topological polar surface area (TPSA) is 57.7 Å².